The molecule has 1 heterocycles. The van der Waals surface area contributed by atoms with E-state index in [0.29, 0.717) is 10.6 Å². The molecular weight excluding hydrogens is 388 g/mol. The minimum absolute atomic E-state index is 0.122. The van der Waals surface area contributed by atoms with Crippen molar-refractivity contribution in [1.29, 1.82) is 0 Å². The Morgan fingerprint density at radius 2 is 1.81 bits per heavy atom. The number of ether oxygens (including phenoxy) is 1. The number of amides is 1. The van der Waals surface area contributed by atoms with Crippen molar-refractivity contribution in [3.63, 3.8) is 0 Å². The summed E-state index contributed by atoms with van der Waals surface area (Å²) in [7, 11) is -0.641. The number of nitrogens with one attached hydrogen (secondary N) is 1. The number of benzene rings is 1. The van der Waals surface area contributed by atoms with Gasteiger partial charge in [0.15, 0.2) is 6.61 Å². The smallest absolute Gasteiger partial charge is 0.348 e. The van der Waals surface area contributed by atoms with Crippen LogP contribution in [-0.2, 0) is 26.0 Å². The van der Waals surface area contributed by atoms with Crippen LogP contribution in [0.15, 0.2) is 35.2 Å². The molecule has 1 N–H and O–H groups in total. The van der Waals surface area contributed by atoms with E-state index >= 15 is 0 Å². The summed E-state index contributed by atoms with van der Waals surface area (Å²) in [6.07, 6.45) is 0.829. The maximum absolute atomic E-state index is 12.0. The molecular formula is C18H22N2O5S2. The van der Waals surface area contributed by atoms with E-state index in [1.54, 1.807) is 6.07 Å². The number of anilines is 1. The number of carbonyl (C=O) groups is 2. The zero-order chi connectivity index (χ0) is 20.2. The minimum Gasteiger partial charge on any atom is -0.451 e. The minimum atomic E-state index is -3.53. The molecule has 0 saturated heterocycles. The zero-order valence-corrected chi connectivity index (χ0v) is 17.2. The lowest BCUT2D eigenvalue weighted by Crippen LogP contribution is -2.22. The maximum atomic E-state index is 12.0. The number of aryl methyl sites for hydroxylation is 2. The zero-order valence-electron chi connectivity index (χ0n) is 15.6. The monoisotopic (exact) mass is 410 g/mol. The van der Waals surface area contributed by atoms with Gasteiger partial charge in [-0.3, -0.25) is 4.79 Å². The number of nitrogens with zero attached hydrogens (tertiary/aromatic N) is 1. The Kier molecular flexibility index (Phi) is 6.74. The van der Waals surface area contributed by atoms with Crippen LogP contribution in [0.5, 0.6) is 0 Å². The molecule has 2 aromatic rings. The van der Waals surface area contributed by atoms with Crippen molar-refractivity contribution < 1.29 is 22.7 Å². The van der Waals surface area contributed by atoms with Crippen LogP contribution in [0.25, 0.3) is 0 Å². The highest BCUT2D eigenvalue weighted by Gasteiger charge is 2.17. The summed E-state index contributed by atoms with van der Waals surface area (Å²) in [5.41, 5.74) is 1.50. The molecule has 1 amide bonds. The third kappa shape index (κ3) is 5.15. The molecule has 146 valence electrons. The average molecular weight is 411 g/mol. The van der Waals surface area contributed by atoms with E-state index in [1.165, 1.54) is 49.7 Å². The van der Waals surface area contributed by atoms with Crippen molar-refractivity contribution >= 4 is 38.9 Å². The number of hydrogen-bond donors (Lipinski definition) is 1. The molecule has 0 aliphatic carbocycles. The van der Waals surface area contributed by atoms with Gasteiger partial charge in [-0.05, 0) is 49.2 Å². The van der Waals surface area contributed by atoms with E-state index in [0.717, 1.165) is 21.2 Å². The molecule has 7 nitrogen and oxygen atoms in total. The molecule has 0 spiro atoms. The lowest BCUT2D eigenvalue weighted by molar-refractivity contribution is -0.119. The lowest BCUT2D eigenvalue weighted by Gasteiger charge is -2.12. The molecule has 0 fully saturated rings. The first-order chi connectivity index (χ1) is 12.6. The van der Waals surface area contributed by atoms with E-state index in [2.05, 4.69) is 5.32 Å². The Balaban J connectivity index is 1.93. The van der Waals surface area contributed by atoms with Crippen LogP contribution in [0.4, 0.5) is 5.69 Å². The number of rotatable bonds is 7. The van der Waals surface area contributed by atoms with Gasteiger partial charge in [0.05, 0.1) is 4.90 Å². The van der Waals surface area contributed by atoms with E-state index in [4.69, 9.17) is 4.74 Å². The number of carbonyl (C=O) groups excluding carboxylic acids is 2. The molecule has 0 atom stereocenters. The van der Waals surface area contributed by atoms with Crippen LogP contribution in [0.3, 0.4) is 0 Å². The predicted molar refractivity (Wildman–Crippen MR) is 105 cm³/mol. The quantitative estimate of drug-likeness (QED) is 0.709. The van der Waals surface area contributed by atoms with Crippen LogP contribution in [0, 0.1) is 6.92 Å². The molecule has 0 bridgehead atoms. The van der Waals surface area contributed by atoms with Gasteiger partial charge in [-0.15, -0.1) is 11.3 Å². The maximum Gasteiger partial charge on any atom is 0.348 e. The summed E-state index contributed by atoms with van der Waals surface area (Å²) in [6, 6.07) is 7.54. The molecule has 1 aromatic heterocycles. The van der Waals surface area contributed by atoms with E-state index < -0.39 is 28.5 Å². The van der Waals surface area contributed by atoms with Crippen LogP contribution < -0.4 is 5.32 Å². The lowest BCUT2D eigenvalue weighted by atomic mass is 10.2. The normalized spacial score (nSPS) is 11.4. The van der Waals surface area contributed by atoms with Crippen LogP contribution in [0.2, 0.25) is 0 Å². The molecule has 2 rings (SSSR count). The Morgan fingerprint density at radius 3 is 2.33 bits per heavy atom. The van der Waals surface area contributed by atoms with Crippen LogP contribution in [-0.4, -0.2) is 45.3 Å². The average Bonchev–Trinajstić information content (AvgIpc) is 3.01. The largest absolute Gasteiger partial charge is 0.451 e. The van der Waals surface area contributed by atoms with Gasteiger partial charge < -0.3 is 10.1 Å². The van der Waals surface area contributed by atoms with Gasteiger partial charge in [0.25, 0.3) is 5.91 Å². The van der Waals surface area contributed by atoms with Crippen molar-refractivity contribution in [3.8, 4) is 0 Å². The van der Waals surface area contributed by atoms with Crippen molar-refractivity contribution in [1.82, 2.24) is 4.31 Å². The van der Waals surface area contributed by atoms with Gasteiger partial charge >= 0.3 is 5.97 Å². The second-order valence-corrected chi connectivity index (χ2v) is 9.39. The highest BCUT2D eigenvalue weighted by Crippen LogP contribution is 2.22. The van der Waals surface area contributed by atoms with Gasteiger partial charge in [0.1, 0.15) is 4.88 Å². The van der Waals surface area contributed by atoms with E-state index in [1.807, 2.05) is 13.8 Å². The molecule has 0 saturated carbocycles. The summed E-state index contributed by atoms with van der Waals surface area (Å²) in [5.74, 6) is -1.04. The van der Waals surface area contributed by atoms with Gasteiger partial charge in [0.2, 0.25) is 10.0 Å². The Labute approximate surface area is 163 Å². The summed E-state index contributed by atoms with van der Waals surface area (Å²) in [5, 5.41) is 2.56. The first-order valence-electron chi connectivity index (χ1n) is 8.24. The fraction of sp³-hybridized carbons (Fsp3) is 0.333. The molecule has 1 aromatic carbocycles. The van der Waals surface area contributed by atoms with E-state index in [9.17, 15) is 18.0 Å². The van der Waals surface area contributed by atoms with Crippen molar-refractivity contribution in [2.75, 3.05) is 26.0 Å². The van der Waals surface area contributed by atoms with E-state index in [-0.39, 0.29) is 4.90 Å². The topological polar surface area (TPSA) is 92.8 Å². The first kappa shape index (κ1) is 21.1. The summed E-state index contributed by atoms with van der Waals surface area (Å²) in [4.78, 5) is 25.6. The molecule has 27 heavy (non-hydrogen) atoms. The second kappa shape index (κ2) is 8.64. The van der Waals surface area contributed by atoms with Crippen LogP contribution >= 0.6 is 11.3 Å². The van der Waals surface area contributed by atoms with Gasteiger partial charge in [-0.1, -0.05) is 6.92 Å². The number of sulfonamides is 1. The number of thiophene rings is 1. The van der Waals surface area contributed by atoms with Gasteiger partial charge in [-0.25, -0.2) is 17.5 Å². The standard InChI is InChI=1S/C18H22N2O5S2/c1-5-13-10-16(26-12(13)2)18(22)25-11-17(21)19-14-6-8-15(9-7-14)27(23,24)20(3)4/h6-10H,5,11H2,1-4H3,(H,19,21). The molecule has 0 aliphatic rings. The summed E-state index contributed by atoms with van der Waals surface area (Å²) in [6.45, 7) is 3.52. The number of hydrogen-bond acceptors (Lipinski definition) is 6. The first-order valence-corrected chi connectivity index (χ1v) is 10.5. The van der Waals surface area contributed by atoms with Crippen LogP contribution in [0.1, 0.15) is 27.0 Å². The third-order valence-corrected chi connectivity index (χ3v) is 6.76. The second-order valence-electron chi connectivity index (χ2n) is 5.98. The molecule has 0 radical (unpaired) electrons. The SMILES string of the molecule is CCc1cc(C(=O)OCC(=O)Nc2ccc(S(=O)(=O)N(C)C)cc2)sc1C. The van der Waals surface area contributed by atoms with Gasteiger partial charge in [-0.2, -0.15) is 0 Å². The van der Waals surface area contributed by atoms with Crippen molar-refractivity contribution in [2.24, 2.45) is 0 Å². The van der Waals surface area contributed by atoms with Crippen molar-refractivity contribution in [3.05, 3.63) is 45.6 Å². The van der Waals surface area contributed by atoms with Gasteiger partial charge in [0, 0.05) is 24.7 Å². The highest BCUT2D eigenvalue weighted by molar-refractivity contribution is 7.89. The molecule has 0 aliphatic heterocycles. The number of esters is 1. The highest BCUT2D eigenvalue weighted by atomic mass is 32.2. The Bertz CT molecular complexity index is 931. The van der Waals surface area contributed by atoms with Crippen molar-refractivity contribution in [2.45, 2.75) is 25.2 Å². The third-order valence-electron chi connectivity index (χ3n) is 3.85. The Hall–Kier alpha value is -2.23. The molecule has 9 heteroatoms. The predicted octanol–water partition coefficient (Wildman–Crippen LogP) is 2.66. The Morgan fingerprint density at radius 1 is 1.19 bits per heavy atom. The fourth-order valence-electron chi connectivity index (χ4n) is 2.29. The summed E-state index contributed by atoms with van der Waals surface area (Å²) < 4.78 is 30.2. The fourth-order valence-corrected chi connectivity index (χ4v) is 4.20. The molecule has 0 unspecified atom stereocenters. The summed E-state index contributed by atoms with van der Waals surface area (Å²) >= 11 is 1.34.